The third-order valence-corrected chi connectivity index (χ3v) is 3.60. The predicted molar refractivity (Wildman–Crippen MR) is 74.3 cm³/mol. The van der Waals surface area contributed by atoms with E-state index in [0.29, 0.717) is 5.69 Å². The van der Waals surface area contributed by atoms with Gasteiger partial charge in [-0.15, -0.1) is 0 Å². The number of alkyl halides is 3. The second-order valence-corrected chi connectivity index (χ2v) is 5.25. The molecule has 116 valence electrons. The number of cyclic esters (lactones) is 1. The van der Waals surface area contributed by atoms with Crippen LogP contribution in [0.25, 0.3) is 0 Å². The minimum atomic E-state index is -4.84. The highest BCUT2D eigenvalue weighted by atomic mass is 19.4. The molecule has 3 rings (SSSR count). The lowest BCUT2D eigenvalue weighted by Crippen LogP contribution is -2.49. The summed E-state index contributed by atoms with van der Waals surface area (Å²) in [5.74, 6) is 4.71. The van der Waals surface area contributed by atoms with E-state index in [1.165, 1.54) is 12.1 Å². The topological polar surface area (TPSA) is 50.4 Å². The molecule has 0 aromatic heterocycles. The molecule has 4 nitrogen and oxygen atoms in total. The summed E-state index contributed by atoms with van der Waals surface area (Å²) in [6, 6.07) is 4.27. The minimum absolute atomic E-state index is 0.0521. The van der Waals surface area contributed by atoms with Gasteiger partial charge in [-0.2, -0.15) is 13.2 Å². The molecule has 1 aliphatic carbocycles. The average Bonchev–Trinajstić information content (AvgIpc) is 3.27. The molecule has 1 aliphatic heterocycles. The van der Waals surface area contributed by atoms with E-state index in [4.69, 9.17) is 0 Å². The molecule has 1 atom stereocenters. The van der Waals surface area contributed by atoms with E-state index in [9.17, 15) is 18.0 Å². The summed E-state index contributed by atoms with van der Waals surface area (Å²) in [5, 5.41) is 5.06. The Kier molecular flexibility index (Phi) is 3.20. The Balaban J connectivity index is 2.21. The summed E-state index contributed by atoms with van der Waals surface area (Å²) < 4.78 is 45.8. The molecule has 1 amide bonds. The summed E-state index contributed by atoms with van der Waals surface area (Å²) >= 11 is 0. The van der Waals surface area contributed by atoms with Gasteiger partial charge in [-0.1, -0.05) is 5.92 Å². The van der Waals surface area contributed by atoms with Crippen LogP contribution in [0.2, 0.25) is 0 Å². The number of carbonyl (C=O) groups excluding carboxylic acids is 1. The van der Waals surface area contributed by atoms with Crippen molar-refractivity contribution in [2.75, 3.05) is 17.7 Å². The predicted octanol–water partition coefficient (Wildman–Crippen LogP) is 3.46. The third-order valence-electron chi connectivity index (χ3n) is 3.60. The van der Waals surface area contributed by atoms with Crippen LogP contribution in [0.4, 0.5) is 29.3 Å². The molecule has 0 bridgehead atoms. The highest BCUT2D eigenvalue weighted by molar-refractivity contribution is 5.90. The molecule has 2 aliphatic rings. The van der Waals surface area contributed by atoms with Gasteiger partial charge >= 0.3 is 12.3 Å². The van der Waals surface area contributed by atoms with Gasteiger partial charge in [0.05, 0.1) is 5.69 Å². The molecule has 22 heavy (non-hydrogen) atoms. The van der Waals surface area contributed by atoms with E-state index < -0.39 is 17.9 Å². The first-order chi connectivity index (χ1) is 10.4. The van der Waals surface area contributed by atoms with Gasteiger partial charge in [0.1, 0.15) is 0 Å². The maximum absolute atomic E-state index is 13.7. The lowest BCUT2D eigenvalue weighted by atomic mass is 9.89. The van der Waals surface area contributed by atoms with Crippen LogP contribution in [0.5, 0.6) is 0 Å². The fraction of sp³-hybridized carbons (Fsp3) is 0.400. The molecule has 1 saturated carbocycles. The van der Waals surface area contributed by atoms with E-state index in [1.807, 2.05) is 0 Å². The summed E-state index contributed by atoms with van der Waals surface area (Å²) in [7, 11) is 1.59. The Morgan fingerprint density at radius 2 is 2.14 bits per heavy atom. The average molecular weight is 310 g/mol. The second kappa shape index (κ2) is 4.83. The van der Waals surface area contributed by atoms with Crippen LogP contribution in [0.1, 0.15) is 18.4 Å². The fourth-order valence-corrected chi connectivity index (χ4v) is 2.24. The van der Waals surface area contributed by atoms with E-state index in [1.54, 1.807) is 13.1 Å². The Bertz CT molecular complexity index is 686. The maximum atomic E-state index is 13.7. The van der Waals surface area contributed by atoms with Crippen LogP contribution < -0.4 is 10.6 Å². The normalized spacial score (nSPS) is 23.5. The first-order valence-corrected chi connectivity index (χ1v) is 6.77. The van der Waals surface area contributed by atoms with Crippen molar-refractivity contribution in [2.24, 2.45) is 5.92 Å². The molecule has 7 heteroatoms. The molecule has 1 fully saturated rings. The number of halogens is 3. The summed E-state index contributed by atoms with van der Waals surface area (Å²) in [6.45, 7) is 0. The molecule has 0 radical (unpaired) electrons. The van der Waals surface area contributed by atoms with Crippen molar-refractivity contribution in [1.29, 1.82) is 0 Å². The van der Waals surface area contributed by atoms with Crippen molar-refractivity contribution >= 4 is 17.5 Å². The maximum Gasteiger partial charge on any atom is 0.445 e. The van der Waals surface area contributed by atoms with E-state index >= 15 is 0 Å². The number of hydrogen-bond acceptors (Lipinski definition) is 3. The van der Waals surface area contributed by atoms with Gasteiger partial charge in [0.25, 0.3) is 5.60 Å². The van der Waals surface area contributed by atoms with Crippen LogP contribution in [0.3, 0.4) is 0 Å². The first kappa shape index (κ1) is 14.6. The standard InChI is InChI=1S/C15H13F3N2O2/c1-19-10-4-5-12-11(8-10)14(15(16,17)18,22-13(21)20-12)7-6-9-2-3-9/h4-5,8-9,19H,2-3H2,1H3,(H,20,21). The van der Waals surface area contributed by atoms with Crippen LogP contribution in [0.15, 0.2) is 18.2 Å². The zero-order chi connectivity index (χ0) is 16.0. The van der Waals surface area contributed by atoms with Gasteiger partial charge < -0.3 is 10.1 Å². The van der Waals surface area contributed by atoms with Crippen molar-refractivity contribution in [3.8, 4) is 11.8 Å². The SMILES string of the molecule is CNc1ccc2c(c1)C(C#CC1CC1)(C(F)(F)F)OC(=O)N2. The number of fused-ring (bicyclic) bond motifs is 1. The molecule has 1 aromatic rings. The van der Waals surface area contributed by atoms with Crippen LogP contribution >= 0.6 is 0 Å². The van der Waals surface area contributed by atoms with Gasteiger partial charge in [-0.3, -0.25) is 5.32 Å². The zero-order valence-corrected chi connectivity index (χ0v) is 11.7. The third kappa shape index (κ3) is 2.34. The molecule has 1 unspecified atom stereocenters. The highest BCUT2D eigenvalue weighted by Gasteiger charge is 2.62. The van der Waals surface area contributed by atoms with Crippen molar-refractivity contribution in [1.82, 2.24) is 0 Å². The van der Waals surface area contributed by atoms with Gasteiger partial charge in [0.15, 0.2) is 0 Å². The quantitative estimate of drug-likeness (QED) is 0.781. The Morgan fingerprint density at radius 3 is 2.73 bits per heavy atom. The molecule has 0 saturated heterocycles. The van der Waals surface area contributed by atoms with Gasteiger partial charge in [-0.05, 0) is 37.0 Å². The Morgan fingerprint density at radius 1 is 1.41 bits per heavy atom. The lowest BCUT2D eigenvalue weighted by molar-refractivity contribution is -0.239. The van der Waals surface area contributed by atoms with Crippen LogP contribution in [0, 0.1) is 17.8 Å². The van der Waals surface area contributed by atoms with Crippen molar-refractivity contribution < 1.29 is 22.7 Å². The van der Waals surface area contributed by atoms with Gasteiger partial charge in [0, 0.05) is 24.2 Å². The molecule has 1 aromatic carbocycles. The molecule has 1 heterocycles. The lowest BCUT2D eigenvalue weighted by Gasteiger charge is -2.36. The number of benzene rings is 1. The second-order valence-electron chi connectivity index (χ2n) is 5.25. The molecule has 0 spiro atoms. The summed E-state index contributed by atoms with van der Waals surface area (Å²) in [6.07, 6.45) is -4.45. The zero-order valence-electron chi connectivity index (χ0n) is 11.7. The monoisotopic (exact) mass is 310 g/mol. The first-order valence-electron chi connectivity index (χ1n) is 6.77. The van der Waals surface area contributed by atoms with Gasteiger partial charge in [0.2, 0.25) is 0 Å². The largest absolute Gasteiger partial charge is 0.445 e. The number of carbonyl (C=O) groups is 1. The Hall–Kier alpha value is -2.36. The van der Waals surface area contributed by atoms with Crippen molar-refractivity contribution in [3.63, 3.8) is 0 Å². The van der Waals surface area contributed by atoms with E-state index in [0.717, 1.165) is 12.8 Å². The molecular formula is C15H13F3N2O2. The van der Waals surface area contributed by atoms with Crippen LogP contribution in [-0.2, 0) is 10.3 Å². The van der Waals surface area contributed by atoms with Gasteiger partial charge in [-0.25, -0.2) is 4.79 Å². The molecular weight excluding hydrogens is 297 g/mol. The summed E-state index contributed by atoms with van der Waals surface area (Å²) in [4.78, 5) is 11.6. The number of ether oxygens (including phenoxy) is 1. The van der Waals surface area contributed by atoms with E-state index in [-0.39, 0.29) is 17.2 Å². The van der Waals surface area contributed by atoms with Crippen molar-refractivity contribution in [3.05, 3.63) is 23.8 Å². The van der Waals surface area contributed by atoms with Crippen molar-refractivity contribution in [2.45, 2.75) is 24.6 Å². The summed E-state index contributed by atoms with van der Waals surface area (Å²) in [5.41, 5.74) is -2.61. The van der Waals surface area contributed by atoms with E-state index in [2.05, 4.69) is 27.2 Å². The van der Waals surface area contributed by atoms with Crippen LogP contribution in [-0.4, -0.2) is 19.3 Å². The fourth-order valence-electron chi connectivity index (χ4n) is 2.24. The smallest absolute Gasteiger partial charge is 0.415 e. The number of hydrogen-bond donors (Lipinski definition) is 2. The molecule has 2 N–H and O–H groups in total. The Labute approximate surface area is 125 Å². The number of nitrogens with one attached hydrogen (secondary N) is 2. The number of rotatable bonds is 1. The number of anilines is 2. The number of amides is 1. The highest BCUT2D eigenvalue weighted by Crippen LogP contribution is 2.48. The minimum Gasteiger partial charge on any atom is -0.415 e.